The van der Waals surface area contributed by atoms with Crippen LogP contribution in [-0.2, 0) is 0 Å². The Labute approximate surface area is 108 Å². The Morgan fingerprint density at radius 3 is 2.50 bits per heavy atom. The van der Waals surface area contributed by atoms with E-state index >= 15 is 0 Å². The minimum absolute atomic E-state index is 0.0535. The Balaban J connectivity index is 2.63. The van der Waals surface area contributed by atoms with Crippen LogP contribution >= 0.6 is 0 Å². The average Bonchev–Trinajstić information content (AvgIpc) is 2.64. The predicted octanol–water partition coefficient (Wildman–Crippen LogP) is 1.74. The number of hydrogen-bond donors (Lipinski definition) is 1. The van der Waals surface area contributed by atoms with Crippen LogP contribution in [0.1, 0.15) is 42.1 Å². The highest BCUT2D eigenvalue weighted by Crippen LogP contribution is 2.15. The van der Waals surface area contributed by atoms with Crippen molar-refractivity contribution in [1.29, 1.82) is 0 Å². The lowest BCUT2D eigenvalue weighted by Crippen LogP contribution is -2.35. The Morgan fingerprint density at radius 1 is 1.44 bits per heavy atom. The zero-order chi connectivity index (χ0) is 13.9. The predicted molar refractivity (Wildman–Crippen MR) is 70.4 cm³/mol. The van der Waals surface area contributed by atoms with Gasteiger partial charge in [0, 0.05) is 19.6 Å². The third kappa shape index (κ3) is 3.32. The molecule has 0 saturated carbocycles. The van der Waals surface area contributed by atoms with E-state index in [1.165, 1.54) is 0 Å². The lowest BCUT2D eigenvalue weighted by molar-refractivity contribution is 0.0787. The van der Waals surface area contributed by atoms with Crippen LogP contribution < -0.4 is 5.73 Å². The molecule has 0 aliphatic carbocycles. The van der Waals surface area contributed by atoms with Gasteiger partial charge in [-0.1, -0.05) is 19.0 Å². The third-order valence-corrected chi connectivity index (χ3v) is 3.25. The fourth-order valence-electron chi connectivity index (χ4n) is 1.76. The number of aromatic nitrogens is 1. The van der Waals surface area contributed by atoms with Crippen molar-refractivity contribution in [2.75, 3.05) is 13.6 Å². The zero-order valence-corrected chi connectivity index (χ0v) is 11.9. The van der Waals surface area contributed by atoms with Crippen molar-refractivity contribution in [2.45, 2.75) is 40.2 Å². The second-order valence-corrected chi connectivity index (χ2v) is 5.12. The Kier molecular flexibility index (Phi) is 4.90. The quantitative estimate of drug-likeness (QED) is 0.867. The Morgan fingerprint density at radius 2 is 2.06 bits per heavy atom. The maximum Gasteiger partial charge on any atom is 0.259 e. The third-order valence-electron chi connectivity index (χ3n) is 3.25. The molecule has 1 unspecified atom stereocenters. The van der Waals surface area contributed by atoms with E-state index in [1.807, 2.05) is 0 Å². The number of amides is 1. The molecule has 5 heteroatoms. The molecule has 2 N–H and O–H groups in total. The maximum absolute atomic E-state index is 12.2. The number of carbonyl (C=O) groups is 1. The minimum atomic E-state index is -0.0535. The highest BCUT2D eigenvalue weighted by molar-refractivity contribution is 5.95. The van der Waals surface area contributed by atoms with Gasteiger partial charge in [0.2, 0.25) is 0 Å². The SMILES string of the molecule is Cc1noc(C)c1C(=O)N(C)CCC(N)C(C)C. The van der Waals surface area contributed by atoms with Gasteiger partial charge in [0.05, 0.1) is 5.69 Å². The van der Waals surface area contributed by atoms with Gasteiger partial charge in [0.25, 0.3) is 5.91 Å². The highest BCUT2D eigenvalue weighted by atomic mass is 16.5. The van der Waals surface area contributed by atoms with Crippen molar-refractivity contribution in [3.8, 4) is 0 Å². The van der Waals surface area contributed by atoms with E-state index in [1.54, 1.807) is 25.8 Å². The molecule has 1 rings (SSSR count). The summed E-state index contributed by atoms with van der Waals surface area (Å²) in [6, 6.07) is 0.116. The van der Waals surface area contributed by atoms with Crippen LogP contribution in [0.15, 0.2) is 4.52 Å². The van der Waals surface area contributed by atoms with Gasteiger partial charge in [-0.05, 0) is 26.2 Å². The van der Waals surface area contributed by atoms with Gasteiger partial charge in [-0.2, -0.15) is 0 Å². The van der Waals surface area contributed by atoms with E-state index < -0.39 is 0 Å². The topological polar surface area (TPSA) is 72.4 Å². The van der Waals surface area contributed by atoms with E-state index in [-0.39, 0.29) is 11.9 Å². The first kappa shape index (κ1) is 14.7. The van der Waals surface area contributed by atoms with E-state index in [9.17, 15) is 4.79 Å². The molecule has 18 heavy (non-hydrogen) atoms. The summed E-state index contributed by atoms with van der Waals surface area (Å²) in [6.07, 6.45) is 0.795. The van der Waals surface area contributed by atoms with Gasteiger partial charge < -0.3 is 15.2 Å². The molecule has 5 nitrogen and oxygen atoms in total. The molecule has 0 bridgehead atoms. The van der Waals surface area contributed by atoms with Crippen LogP contribution in [-0.4, -0.2) is 35.6 Å². The van der Waals surface area contributed by atoms with Crippen LogP contribution in [0.3, 0.4) is 0 Å². The first-order valence-corrected chi connectivity index (χ1v) is 6.28. The standard InChI is InChI=1S/C13H23N3O2/c1-8(2)11(14)6-7-16(5)13(17)12-9(3)15-18-10(12)4/h8,11H,6-7,14H2,1-5H3. The van der Waals surface area contributed by atoms with Crippen molar-refractivity contribution in [1.82, 2.24) is 10.1 Å². The van der Waals surface area contributed by atoms with E-state index in [0.29, 0.717) is 29.5 Å². The number of hydrogen-bond acceptors (Lipinski definition) is 4. The molecule has 1 atom stereocenters. The number of nitrogens with zero attached hydrogens (tertiary/aromatic N) is 2. The van der Waals surface area contributed by atoms with Gasteiger partial charge in [0.1, 0.15) is 11.3 Å². The highest BCUT2D eigenvalue weighted by Gasteiger charge is 2.21. The number of carbonyl (C=O) groups excluding carboxylic acids is 1. The van der Waals surface area contributed by atoms with Crippen LogP contribution in [0, 0.1) is 19.8 Å². The van der Waals surface area contributed by atoms with Crippen LogP contribution in [0.5, 0.6) is 0 Å². The molecular weight excluding hydrogens is 230 g/mol. The summed E-state index contributed by atoms with van der Waals surface area (Å²) < 4.78 is 5.01. The molecule has 0 radical (unpaired) electrons. The Bertz CT molecular complexity index is 393. The number of rotatable bonds is 5. The monoisotopic (exact) mass is 253 g/mol. The molecule has 0 spiro atoms. The van der Waals surface area contributed by atoms with Gasteiger partial charge in [-0.25, -0.2) is 0 Å². The summed E-state index contributed by atoms with van der Waals surface area (Å²) in [6.45, 7) is 8.34. The second-order valence-electron chi connectivity index (χ2n) is 5.12. The summed E-state index contributed by atoms with van der Waals surface area (Å²) >= 11 is 0. The molecule has 1 amide bonds. The maximum atomic E-state index is 12.2. The first-order chi connectivity index (χ1) is 8.34. The summed E-state index contributed by atoms with van der Waals surface area (Å²) in [4.78, 5) is 13.9. The van der Waals surface area contributed by atoms with Crippen molar-refractivity contribution in [3.63, 3.8) is 0 Å². The molecule has 102 valence electrons. The summed E-state index contributed by atoms with van der Waals surface area (Å²) in [7, 11) is 1.78. The van der Waals surface area contributed by atoms with Crippen molar-refractivity contribution in [2.24, 2.45) is 11.7 Å². The van der Waals surface area contributed by atoms with Crippen molar-refractivity contribution < 1.29 is 9.32 Å². The number of nitrogens with two attached hydrogens (primary N) is 1. The summed E-state index contributed by atoms with van der Waals surface area (Å²) in [5, 5.41) is 3.80. The first-order valence-electron chi connectivity index (χ1n) is 6.28. The summed E-state index contributed by atoms with van der Waals surface area (Å²) in [5.41, 5.74) is 7.18. The van der Waals surface area contributed by atoms with Crippen LogP contribution in [0.25, 0.3) is 0 Å². The Hall–Kier alpha value is -1.36. The van der Waals surface area contributed by atoms with E-state index in [0.717, 1.165) is 6.42 Å². The zero-order valence-electron chi connectivity index (χ0n) is 11.9. The largest absolute Gasteiger partial charge is 0.361 e. The van der Waals surface area contributed by atoms with Crippen molar-refractivity contribution in [3.05, 3.63) is 17.0 Å². The molecule has 0 fully saturated rings. The second kappa shape index (κ2) is 6.00. The van der Waals surface area contributed by atoms with E-state index in [4.69, 9.17) is 10.3 Å². The van der Waals surface area contributed by atoms with Gasteiger partial charge >= 0.3 is 0 Å². The fraction of sp³-hybridized carbons (Fsp3) is 0.692. The fourth-order valence-corrected chi connectivity index (χ4v) is 1.76. The smallest absolute Gasteiger partial charge is 0.259 e. The molecule has 1 aromatic heterocycles. The molecule has 0 aliphatic heterocycles. The van der Waals surface area contributed by atoms with Crippen molar-refractivity contribution >= 4 is 5.91 Å². The average molecular weight is 253 g/mol. The van der Waals surface area contributed by atoms with Gasteiger partial charge in [-0.15, -0.1) is 0 Å². The lowest BCUT2D eigenvalue weighted by Gasteiger charge is -2.21. The molecule has 0 aromatic carbocycles. The van der Waals surface area contributed by atoms with E-state index in [2.05, 4.69) is 19.0 Å². The normalized spacial score (nSPS) is 12.8. The van der Waals surface area contributed by atoms with Crippen LogP contribution in [0.4, 0.5) is 0 Å². The number of aryl methyl sites for hydroxylation is 2. The molecule has 0 saturated heterocycles. The summed E-state index contributed by atoms with van der Waals surface area (Å²) in [5.74, 6) is 0.937. The molecule has 1 aromatic rings. The lowest BCUT2D eigenvalue weighted by atomic mass is 10.0. The van der Waals surface area contributed by atoms with Gasteiger partial charge in [0.15, 0.2) is 0 Å². The van der Waals surface area contributed by atoms with Crippen LogP contribution in [0.2, 0.25) is 0 Å². The van der Waals surface area contributed by atoms with Gasteiger partial charge in [-0.3, -0.25) is 4.79 Å². The molecule has 0 aliphatic rings. The molecular formula is C13H23N3O2. The minimum Gasteiger partial charge on any atom is -0.361 e. The molecule has 1 heterocycles.